The molecule has 0 spiro atoms. The van der Waals surface area contributed by atoms with E-state index in [2.05, 4.69) is 10.5 Å². The second-order valence-electron chi connectivity index (χ2n) is 1.96. The topological polar surface area (TPSA) is 86.5 Å². The fraction of sp³-hybridized carbons (Fsp3) is 0.500. The third kappa shape index (κ3) is 6.50. The number of esters is 2. The molecule has 0 radical (unpaired) electrons. The second kappa shape index (κ2) is 4.43. The number of carbonyl (C=O) groups excluding carboxylic acids is 3. The molecule has 0 saturated carbocycles. The van der Waals surface area contributed by atoms with Crippen molar-refractivity contribution in [3.8, 4) is 0 Å². The van der Waals surface area contributed by atoms with Gasteiger partial charge in [0.1, 0.15) is 0 Å². The van der Waals surface area contributed by atoms with E-state index in [1.807, 2.05) is 0 Å². The number of hydrogen-bond acceptors (Lipinski definition) is 4. The maximum Gasteiger partial charge on any atom is 0.314 e. The number of primary amides is 1. The minimum absolute atomic E-state index is 0.263. The van der Waals surface area contributed by atoms with Crippen molar-refractivity contribution in [2.75, 3.05) is 0 Å². The first-order valence-electron chi connectivity index (χ1n) is 3.02. The summed E-state index contributed by atoms with van der Waals surface area (Å²) in [5, 5.41) is 0. The van der Waals surface area contributed by atoms with Crippen molar-refractivity contribution in [2.24, 2.45) is 5.73 Å². The molecular weight excluding hydrogens is 150 g/mol. The lowest BCUT2D eigenvalue weighted by atomic mass is 10.4. The van der Waals surface area contributed by atoms with Crippen LogP contribution in [0.3, 0.4) is 0 Å². The van der Waals surface area contributed by atoms with Gasteiger partial charge in [-0.15, -0.1) is 0 Å². The van der Waals surface area contributed by atoms with Crippen molar-refractivity contribution >= 4 is 17.8 Å². The molecule has 1 aliphatic rings. The maximum absolute atomic E-state index is 10.0. The average Bonchev–Trinajstić information content (AvgIpc) is 2.13. The summed E-state index contributed by atoms with van der Waals surface area (Å²) in [6.45, 7) is 1.31. The van der Waals surface area contributed by atoms with Crippen molar-refractivity contribution in [1.82, 2.24) is 0 Å². The van der Waals surface area contributed by atoms with Gasteiger partial charge in [-0.1, -0.05) is 0 Å². The van der Waals surface area contributed by atoms with Crippen LogP contribution < -0.4 is 5.73 Å². The number of rotatable bonds is 0. The summed E-state index contributed by atoms with van der Waals surface area (Å²) < 4.78 is 4.08. The number of carbonyl (C=O) groups is 3. The van der Waals surface area contributed by atoms with Gasteiger partial charge < -0.3 is 10.5 Å². The molecule has 0 aromatic rings. The summed E-state index contributed by atoms with van der Waals surface area (Å²) in [6, 6.07) is 0. The molecule has 1 amide bonds. The molecule has 0 aliphatic carbocycles. The Morgan fingerprint density at radius 3 is 1.73 bits per heavy atom. The fourth-order valence-corrected chi connectivity index (χ4v) is 0.433. The lowest BCUT2D eigenvalue weighted by Crippen LogP contribution is -2.01. The van der Waals surface area contributed by atoms with Crippen LogP contribution in [-0.2, 0) is 19.1 Å². The molecule has 1 saturated heterocycles. The molecule has 0 atom stereocenters. The molecule has 0 aromatic carbocycles. The van der Waals surface area contributed by atoms with Crippen molar-refractivity contribution in [2.45, 2.75) is 19.8 Å². The van der Waals surface area contributed by atoms with Gasteiger partial charge in [0.15, 0.2) is 0 Å². The van der Waals surface area contributed by atoms with Gasteiger partial charge in [0.05, 0.1) is 12.8 Å². The third-order valence-corrected chi connectivity index (χ3v) is 0.761. The van der Waals surface area contributed by atoms with E-state index in [0.29, 0.717) is 0 Å². The van der Waals surface area contributed by atoms with Crippen molar-refractivity contribution in [3.63, 3.8) is 0 Å². The molecule has 1 fully saturated rings. The van der Waals surface area contributed by atoms with Crippen molar-refractivity contribution in [3.05, 3.63) is 0 Å². The summed E-state index contributed by atoms with van der Waals surface area (Å²) in [5.74, 6) is -1.13. The normalized spacial score (nSPS) is 15.0. The zero-order chi connectivity index (χ0) is 8.85. The Morgan fingerprint density at radius 2 is 1.64 bits per heavy atom. The van der Waals surface area contributed by atoms with E-state index in [4.69, 9.17) is 0 Å². The number of ether oxygens (including phenoxy) is 1. The summed E-state index contributed by atoms with van der Waals surface area (Å²) in [5.41, 5.74) is 4.47. The largest absolute Gasteiger partial charge is 0.393 e. The summed E-state index contributed by atoms with van der Waals surface area (Å²) in [6.07, 6.45) is 0.525. The minimum Gasteiger partial charge on any atom is -0.393 e. The van der Waals surface area contributed by atoms with Gasteiger partial charge in [-0.05, 0) is 0 Å². The van der Waals surface area contributed by atoms with Crippen molar-refractivity contribution in [1.29, 1.82) is 0 Å². The highest BCUT2D eigenvalue weighted by Gasteiger charge is 2.19. The SMILES string of the molecule is CC(N)=O.O=C1CCC(=O)O1. The van der Waals surface area contributed by atoms with Crippen LogP contribution in [0.25, 0.3) is 0 Å². The first kappa shape index (κ1) is 9.61. The maximum atomic E-state index is 10.0. The fourth-order valence-electron chi connectivity index (χ4n) is 0.433. The molecule has 62 valence electrons. The molecule has 5 nitrogen and oxygen atoms in total. The molecule has 1 aliphatic heterocycles. The Labute approximate surface area is 63.5 Å². The number of nitrogens with two attached hydrogens (primary N) is 1. The molecule has 1 rings (SSSR count). The van der Waals surface area contributed by atoms with E-state index in [1.165, 1.54) is 6.92 Å². The lowest BCUT2D eigenvalue weighted by molar-refractivity contribution is -0.152. The zero-order valence-corrected chi connectivity index (χ0v) is 6.12. The first-order valence-corrected chi connectivity index (χ1v) is 3.02. The van der Waals surface area contributed by atoms with Crippen LogP contribution in [0.2, 0.25) is 0 Å². The van der Waals surface area contributed by atoms with E-state index in [1.54, 1.807) is 0 Å². The highest BCUT2D eigenvalue weighted by Crippen LogP contribution is 2.03. The molecule has 11 heavy (non-hydrogen) atoms. The van der Waals surface area contributed by atoms with Gasteiger partial charge in [-0.3, -0.25) is 14.4 Å². The molecule has 5 heteroatoms. The van der Waals surface area contributed by atoms with Crippen molar-refractivity contribution < 1.29 is 19.1 Å². The van der Waals surface area contributed by atoms with E-state index >= 15 is 0 Å². The highest BCUT2D eigenvalue weighted by molar-refractivity contribution is 5.92. The van der Waals surface area contributed by atoms with Gasteiger partial charge in [-0.2, -0.15) is 0 Å². The van der Waals surface area contributed by atoms with Gasteiger partial charge in [0, 0.05) is 6.92 Å². The molecule has 0 aromatic heterocycles. The van der Waals surface area contributed by atoms with Gasteiger partial charge in [0.2, 0.25) is 5.91 Å². The van der Waals surface area contributed by atoms with E-state index in [-0.39, 0.29) is 18.7 Å². The van der Waals surface area contributed by atoms with Crippen LogP contribution in [-0.4, -0.2) is 17.8 Å². The Kier molecular flexibility index (Phi) is 3.87. The minimum atomic E-state index is -0.398. The standard InChI is InChI=1S/C4H4O3.C2H5NO/c5-3-1-2-4(6)7-3;1-2(3)4/h1-2H2;1H3,(H2,3,4). The van der Waals surface area contributed by atoms with E-state index in [0.717, 1.165) is 0 Å². The highest BCUT2D eigenvalue weighted by atomic mass is 16.6. The predicted octanol–water partition coefficient (Wildman–Crippen LogP) is -0.658. The predicted molar refractivity (Wildman–Crippen MR) is 35.2 cm³/mol. The Balaban J connectivity index is 0.000000218. The second-order valence-corrected chi connectivity index (χ2v) is 1.96. The van der Waals surface area contributed by atoms with Crippen LogP contribution in [0, 0.1) is 0 Å². The molecule has 0 bridgehead atoms. The van der Waals surface area contributed by atoms with Crippen LogP contribution in [0.1, 0.15) is 19.8 Å². The average molecular weight is 159 g/mol. The van der Waals surface area contributed by atoms with Gasteiger partial charge >= 0.3 is 11.9 Å². The monoisotopic (exact) mass is 159 g/mol. The summed E-state index contributed by atoms with van der Waals surface area (Å²) >= 11 is 0. The van der Waals surface area contributed by atoms with Crippen LogP contribution in [0.5, 0.6) is 0 Å². The molecular formula is C6H9NO4. The number of hydrogen-bond donors (Lipinski definition) is 1. The Bertz CT molecular complexity index is 169. The first-order chi connectivity index (χ1) is 5.02. The van der Waals surface area contributed by atoms with Crippen LogP contribution >= 0.6 is 0 Å². The van der Waals surface area contributed by atoms with E-state index in [9.17, 15) is 14.4 Å². The molecule has 0 unspecified atom stereocenters. The van der Waals surface area contributed by atoms with E-state index < -0.39 is 11.9 Å². The quantitative estimate of drug-likeness (QED) is 0.375. The smallest absolute Gasteiger partial charge is 0.314 e. The van der Waals surface area contributed by atoms with Gasteiger partial charge in [0.25, 0.3) is 0 Å². The lowest BCUT2D eigenvalue weighted by Gasteiger charge is -1.79. The summed E-state index contributed by atoms with van der Waals surface area (Å²) in [7, 11) is 0. The van der Waals surface area contributed by atoms with Crippen LogP contribution in [0.15, 0.2) is 0 Å². The molecule has 1 heterocycles. The Hall–Kier alpha value is -1.39. The Morgan fingerprint density at radius 1 is 1.36 bits per heavy atom. The van der Waals surface area contributed by atoms with Crippen LogP contribution in [0.4, 0.5) is 0 Å². The summed E-state index contributed by atoms with van der Waals surface area (Å²) in [4.78, 5) is 29.2. The molecule has 2 N–H and O–H groups in total. The zero-order valence-electron chi connectivity index (χ0n) is 6.12. The third-order valence-electron chi connectivity index (χ3n) is 0.761. The number of amides is 1. The van der Waals surface area contributed by atoms with Gasteiger partial charge in [-0.25, -0.2) is 0 Å². The number of cyclic esters (lactones) is 2.